The van der Waals surface area contributed by atoms with E-state index < -0.39 is 15.9 Å². The largest absolute Gasteiger partial charge is 0.358 e. The van der Waals surface area contributed by atoms with E-state index >= 15 is 0 Å². The van der Waals surface area contributed by atoms with Gasteiger partial charge in [-0.15, -0.1) is 0 Å². The third-order valence-corrected chi connectivity index (χ3v) is 4.97. The highest BCUT2D eigenvalue weighted by Crippen LogP contribution is 2.14. The first-order valence-corrected chi connectivity index (χ1v) is 9.12. The molecule has 0 radical (unpaired) electrons. The predicted molar refractivity (Wildman–Crippen MR) is 97.7 cm³/mol. The summed E-state index contributed by atoms with van der Waals surface area (Å²) < 4.78 is 3.72. The number of allylic oxidation sites excluding steroid dienone is 1. The molecular formula is C15H19ClN6OS. The fraction of sp³-hybridized carbons (Fsp3) is 0.333. The molecule has 0 aliphatic rings. The Kier molecular flexibility index (Phi) is 8.09. The number of anilines is 1. The molecule has 2 unspecified atom stereocenters. The molecule has 1 rings (SSSR count). The molecule has 0 aromatic carbocycles. The van der Waals surface area contributed by atoms with Gasteiger partial charge in [-0.2, -0.15) is 9.62 Å². The summed E-state index contributed by atoms with van der Waals surface area (Å²) in [6.07, 6.45) is 8.20. The molecule has 0 spiro atoms. The molecule has 2 N–H and O–H groups in total. The van der Waals surface area contributed by atoms with Gasteiger partial charge in [0.05, 0.1) is 22.8 Å². The van der Waals surface area contributed by atoms with Crippen molar-refractivity contribution in [2.45, 2.75) is 19.1 Å². The average molecular weight is 367 g/mol. The topological polar surface area (TPSA) is 105 Å². The normalized spacial score (nSPS) is 13.7. The minimum atomic E-state index is -0.735. The molecule has 2 atom stereocenters. The van der Waals surface area contributed by atoms with E-state index in [0.29, 0.717) is 12.2 Å². The zero-order valence-corrected chi connectivity index (χ0v) is 15.2. The quantitative estimate of drug-likeness (QED) is 0.571. The van der Waals surface area contributed by atoms with Crippen LogP contribution >= 0.6 is 11.6 Å². The first-order valence-electron chi connectivity index (χ1n) is 7.09. The lowest BCUT2D eigenvalue weighted by molar-refractivity contribution is -0.127. The van der Waals surface area contributed by atoms with Crippen LogP contribution in [0.3, 0.4) is 0 Å². The Morgan fingerprint density at radius 2 is 2.42 bits per heavy atom. The Balaban J connectivity index is 3.07. The van der Waals surface area contributed by atoms with Crippen LogP contribution in [0.1, 0.15) is 13.8 Å². The number of aromatic nitrogens is 1. The molecule has 9 heteroatoms. The first kappa shape index (κ1) is 19.8. The fourth-order valence-corrected chi connectivity index (χ4v) is 2.68. The van der Waals surface area contributed by atoms with E-state index in [1.807, 2.05) is 0 Å². The van der Waals surface area contributed by atoms with Crippen molar-refractivity contribution < 1.29 is 4.79 Å². The number of amides is 1. The Morgan fingerprint density at radius 3 is 2.92 bits per heavy atom. The summed E-state index contributed by atoms with van der Waals surface area (Å²) in [4.78, 5) is 18.1. The first-order chi connectivity index (χ1) is 11.4. The second-order valence-corrected chi connectivity index (χ2v) is 6.98. The number of carbonyl (C=O) groups excluding carboxylic acids is 1. The molecule has 1 heterocycles. The molecule has 128 valence electrons. The standard InChI is InChI=1S/C15H19ClN6OS/c1-4-22(15(23)11(2)24(3)21-10-17)13(14(16)18)9-20-12-6-5-7-19-8-12/h5-9,11,18,20H,4H2,1-3H3/b13-9+,18-14?. The molecule has 0 fully saturated rings. The third-order valence-electron chi connectivity index (χ3n) is 3.18. The average Bonchev–Trinajstić information content (AvgIpc) is 2.58. The highest BCUT2D eigenvalue weighted by Gasteiger charge is 2.25. The van der Waals surface area contributed by atoms with Gasteiger partial charge in [0.25, 0.3) is 0 Å². The molecule has 1 aromatic rings. The van der Waals surface area contributed by atoms with Crippen molar-refractivity contribution in [1.82, 2.24) is 9.88 Å². The monoisotopic (exact) mass is 366 g/mol. The van der Waals surface area contributed by atoms with Crippen LogP contribution in [0.2, 0.25) is 0 Å². The van der Waals surface area contributed by atoms with Crippen molar-refractivity contribution in [3.63, 3.8) is 0 Å². The van der Waals surface area contributed by atoms with Crippen molar-refractivity contribution in [1.29, 1.82) is 10.7 Å². The van der Waals surface area contributed by atoms with Gasteiger partial charge in [-0.1, -0.05) is 22.3 Å². The minimum Gasteiger partial charge on any atom is -0.358 e. The lowest BCUT2D eigenvalue weighted by Crippen LogP contribution is -2.40. The Morgan fingerprint density at radius 1 is 1.71 bits per heavy atom. The molecule has 7 nitrogen and oxygen atoms in total. The molecule has 0 aliphatic heterocycles. The van der Waals surface area contributed by atoms with E-state index in [9.17, 15) is 4.79 Å². The number of carbonyl (C=O) groups is 1. The smallest absolute Gasteiger partial charge is 0.240 e. The maximum absolute atomic E-state index is 12.7. The van der Waals surface area contributed by atoms with Gasteiger partial charge in [-0.05, 0) is 32.2 Å². The number of nitrogens with zero attached hydrogens (tertiary/aromatic N) is 4. The van der Waals surface area contributed by atoms with Gasteiger partial charge in [0.1, 0.15) is 5.17 Å². The number of rotatable bonds is 7. The summed E-state index contributed by atoms with van der Waals surface area (Å²) in [5.41, 5.74) is 0.952. The Hall–Kier alpha value is -2.24. The number of halogens is 1. The summed E-state index contributed by atoms with van der Waals surface area (Å²) in [5, 5.41) is 18.6. The van der Waals surface area contributed by atoms with Gasteiger partial charge in [0.15, 0.2) is 0 Å². The van der Waals surface area contributed by atoms with Gasteiger partial charge in [0.2, 0.25) is 12.1 Å². The Bertz CT molecular complexity index is 698. The number of nitriles is 1. The second kappa shape index (κ2) is 9.80. The summed E-state index contributed by atoms with van der Waals surface area (Å²) in [6, 6.07) is 3.56. The van der Waals surface area contributed by atoms with Crippen molar-refractivity contribution in [2.75, 3.05) is 18.1 Å². The summed E-state index contributed by atoms with van der Waals surface area (Å²) >= 11 is 5.87. The van der Waals surface area contributed by atoms with Crippen LogP contribution in [0.25, 0.3) is 0 Å². The van der Waals surface area contributed by atoms with Crippen LogP contribution in [-0.2, 0) is 15.5 Å². The molecule has 0 aliphatic carbocycles. The zero-order chi connectivity index (χ0) is 18.1. The van der Waals surface area contributed by atoms with Gasteiger partial charge >= 0.3 is 0 Å². The maximum atomic E-state index is 12.7. The fourth-order valence-electron chi connectivity index (χ4n) is 1.81. The molecule has 1 amide bonds. The number of hydrogen-bond donors (Lipinski definition) is 2. The van der Waals surface area contributed by atoms with Crippen LogP contribution in [0.15, 0.2) is 40.8 Å². The van der Waals surface area contributed by atoms with Crippen LogP contribution in [0.4, 0.5) is 5.69 Å². The molecule has 0 saturated heterocycles. The number of nitrogens with one attached hydrogen (secondary N) is 2. The van der Waals surface area contributed by atoms with Gasteiger partial charge in [0, 0.05) is 18.9 Å². The van der Waals surface area contributed by atoms with Crippen molar-refractivity contribution in [2.24, 2.45) is 4.36 Å². The molecule has 24 heavy (non-hydrogen) atoms. The summed E-state index contributed by atoms with van der Waals surface area (Å²) in [5.74, 6) is -0.244. The van der Waals surface area contributed by atoms with Gasteiger partial charge in [-0.25, -0.2) is 0 Å². The van der Waals surface area contributed by atoms with E-state index in [4.69, 9.17) is 22.3 Å². The molecule has 1 aromatic heterocycles. The third kappa shape index (κ3) is 5.44. The Labute approximate surface area is 148 Å². The van der Waals surface area contributed by atoms with Gasteiger partial charge in [-0.3, -0.25) is 15.2 Å². The van der Waals surface area contributed by atoms with Crippen molar-refractivity contribution in [3.8, 4) is 6.19 Å². The summed E-state index contributed by atoms with van der Waals surface area (Å²) in [7, 11) is -0.735. The van der Waals surface area contributed by atoms with E-state index in [-0.39, 0.29) is 16.8 Å². The maximum Gasteiger partial charge on any atom is 0.240 e. The molecular weight excluding hydrogens is 348 g/mol. The highest BCUT2D eigenvalue weighted by molar-refractivity contribution is 7.88. The highest BCUT2D eigenvalue weighted by atomic mass is 35.5. The van der Waals surface area contributed by atoms with Crippen LogP contribution in [0.5, 0.6) is 0 Å². The number of hydrogen-bond acceptors (Lipinski definition) is 6. The van der Waals surface area contributed by atoms with E-state index in [2.05, 4.69) is 14.7 Å². The number of pyridine rings is 1. The van der Waals surface area contributed by atoms with E-state index in [0.717, 1.165) is 0 Å². The van der Waals surface area contributed by atoms with E-state index in [1.165, 1.54) is 11.1 Å². The molecule has 0 bridgehead atoms. The van der Waals surface area contributed by atoms with Crippen molar-refractivity contribution in [3.05, 3.63) is 36.4 Å². The SMILES string of the molecule is CCN(C(=O)C(C)S(C)=NC#N)/C(=C/Nc1cccnc1)C(=N)Cl. The predicted octanol–water partition coefficient (Wildman–Crippen LogP) is 2.70. The van der Waals surface area contributed by atoms with Gasteiger partial charge < -0.3 is 10.2 Å². The van der Waals surface area contributed by atoms with Crippen LogP contribution in [0, 0.1) is 16.9 Å². The van der Waals surface area contributed by atoms with E-state index in [1.54, 1.807) is 50.8 Å². The lowest BCUT2D eigenvalue weighted by atomic mass is 10.3. The summed E-state index contributed by atoms with van der Waals surface area (Å²) in [6.45, 7) is 3.83. The van der Waals surface area contributed by atoms with Crippen LogP contribution < -0.4 is 5.32 Å². The second-order valence-electron chi connectivity index (χ2n) is 4.67. The van der Waals surface area contributed by atoms with Crippen LogP contribution in [-0.4, -0.2) is 39.0 Å². The lowest BCUT2D eigenvalue weighted by Gasteiger charge is -2.26. The minimum absolute atomic E-state index is 0.244. The zero-order valence-electron chi connectivity index (χ0n) is 13.7. The molecule has 0 saturated carbocycles. The van der Waals surface area contributed by atoms with Crippen molar-refractivity contribution >= 4 is 39.1 Å².